The largest absolute Gasteiger partial charge is 0.349 e. The van der Waals surface area contributed by atoms with Crippen molar-refractivity contribution in [3.63, 3.8) is 0 Å². The van der Waals surface area contributed by atoms with Gasteiger partial charge in [0.2, 0.25) is 10.0 Å². The molecule has 2 rings (SSSR count). The predicted molar refractivity (Wildman–Crippen MR) is 87.6 cm³/mol. The molecule has 0 aliphatic carbocycles. The van der Waals surface area contributed by atoms with Crippen molar-refractivity contribution >= 4 is 15.9 Å². The van der Waals surface area contributed by atoms with Crippen molar-refractivity contribution in [3.05, 3.63) is 17.5 Å². The van der Waals surface area contributed by atoms with Crippen LogP contribution < -0.4 is 5.32 Å². The Morgan fingerprint density at radius 2 is 2.09 bits per heavy atom. The maximum Gasteiger partial charge on any atom is 0.271 e. The SMILES string of the molecule is CC(C)S(=O)(=O)N1CCn2nc(C(=O)NCCN(C)C)cc2C1. The Bertz CT molecular complexity index is 666. The van der Waals surface area contributed by atoms with Gasteiger partial charge in [0, 0.05) is 19.6 Å². The third-order valence-corrected chi connectivity index (χ3v) is 6.02. The summed E-state index contributed by atoms with van der Waals surface area (Å²) in [6.07, 6.45) is 0. The van der Waals surface area contributed by atoms with E-state index in [1.54, 1.807) is 24.6 Å². The molecule has 8 nitrogen and oxygen atoms in total. The van der Waals surface area contributed by atoms with Gasteiger partial charge in [0.15, 0.2) is 0 Å². The Morgan fingerprint density at radius 1 is 1.39 bits per heavy atom. The van der Waals surface area contributed by atoms with Gasteiger partial charge in [-0.1, -0.05) is 0 Å². The molecule has 0 aromatic carbocycles. The van der Waals surface area contributed by atoms with Gasteiger partial charge in [-0.05, 0) is 34.0 Å². The van der Waals surface area contributed by atoms with Gasteiger partial charge < -0.3 is 10.2 Å². The van der Waals surface area contributed by atoms with E-state index in [4.69, 9.17) is 0 Å². The molecular formula is C14H25N5O3S. The standard InChI is InChI=1S/C14H25N5O3S/c1-11(2)23(21,22)18-7-8-19-12(10-18)9-13(16-19)14(20)15-5-6-17(3)4/h9,11H,5-8,10H2,1-4H3,(H,15,20). The second kappa shape index (κ2) is 6.98. The first kappa shape index (κ1) is 17.9. The molecule has 0 bridgehead atoms. The van der Waals surface area contributed by atoms with E-state index < -0.39 is 15.3 Å². The fourth-order valence-corrected chi connectivity index (χ4v) is 3.60. The van der Waals surface area contributed by atoms with E-state index in [1.807, 2.05) is 19.0 Å². The van der Waals surface area contributed by atoms with E-state index in [0.717, 1.165) is 12.2 Å². The minimum atomic E-state index is -3.29. The number of rotatable bonds is 6. The summed E-state index contributed by atoms with van der Waals surface area (Å²) in [6, 6.07) is 1.67. The first-order valence-electron chi connectivity index (χ1n) is 7.70. The number of hydrogen-bond acceptors (Lipinski definition) is 5. The molecule has 1 aromatic rings. The van der Waals surface area contributed by atoms with Crippen molar-refractivity contribution in [2.24, 2.45) is 0 Å². The molecule has 1 N–H and O–H groups in total. The highest BCUT2D eigenvalue weighted by Gasteiger charge is 2.30. The first-order chi connectivity index (χ1) is 10.7. The molecule has 0 radical (unpaired) electrons. The highest BCUT2D eigenvalue weighted by molar-refractivity contribution is 7.89. The third kappa shape index (κ3) is 4.10. The summed E-state index contributed by atoms with van der Waals surface area (Å²) in [5, 5.41) is 6.64. The van der Waals surface area contributed by atoms with Crippen LogP contribution in [0.1, 0.15) is 30.0 Å². The summed E-state index contributed by atoms with van der Waals surface area (Å²) >= 11 is 0. The molecule has 23 heavy (non-hydrogen) atoms. The Morgan fingerprint density at radius 3 is 2.70 bits per heavy atom. The van der Waals surface area contributed by atoms with E-state index >= 15 is 0 Å². The molecule has 0 spiro atoms. The molecular weight excluding hydrogens is 318 g/mol. The Balaban J connectivity index is 2.05. The van der Waals surface area contributed by atoms with Crippen LogP contribution in [0.4, 0.5) is 0 Å². The van der Waals surface area contributed by atoms with Crippen LogP contribution in [0.5, 0.6) is 0 Å². The number of hydrogen-bond donors (Lipinski definition) is 1. The van der Waals surface area contributed by atoms with Gasteiger partial charge in [-0.15, -0.1) is 0 Å². The molecule has 130 valence electrons. The molecule has 0 unspecified atom stereocenters. The topological polar surface area (TPSA) is 87.5 Å². The number of carbonyl (C=O) groups excluding carboxylic acids is 1. The average molecular weight is 343 g/mol. The van der Waals surface area contributed by atoms with Gasteiger partial charge in [0.05, 0.1) is 24.0 Å². The molecule has 1 aliphatic heterocycles. The number of likely N-dealkylation sites (N-methyl/N-ethyl adjacent to an activating group) is 1. The number of carbonyl (C=O) groups is 1. The molecule has 0 saturated heterocycles. The number of fused-ring (bicyclic) bond motifs is 1. The maximum atomic E-state index is 12.3. The highest BCUT2D eigenvalue weighted by atomic mass is 32.2. The average Bonchev–Trinajstić information content (AvgIpc) is 2.89. The minimum absolute atomic E-state index is 0.230. The molecule has 1 aromatic heterocycles. The lowest BCUT2D eigenvalue weighted by Crippen LogP contribution is -2.41. The summed E-state index contributed by atoms with van der Waals surface area (Å²) in [7, 11) is 0.580. The lowest BCUT2D eigenvalue weighted by atomic mass is 10.3. The molecule has 0 fully saturated rings. The molecule has 9 heteroatoms. The first-order valence-corrected chi connectivity index (χ1v) is 9.20. The van der Waals surface area contributed by atoms with Gasteiger partial charge >= 0.3 is 0 Å². The van der Waals surface area contributed by atoms with Gasteiger partial charge in [-0.3, -0.25) is 9.48 Å². The van der Waals surface area contributed by atoms with Crippen LogP contribution in [-0.2, 0) is 23.1 Å². The monoisotopic (exact) mass is 343 g/mol. The minimum Gasteiger partial charge on any atom is -0.349 e. The van der Waals surface area contributed by atoms with E-state index in [9.17, 15) is 13.2 Å². The number of aromatic nitrogens is 2. The van der Waals surface area contributed by atoms with Crippen LogP contribution in [-0.4, -0.2) is 72.3 Å². The van der Waals surface area contributed by atoms with Gasteiger partial charge in [0.25, 0.3) is 5.91 Å². The highest BCUT2D eigenvalue weighted by Crippen LogP contribution is 2.19. The van der Waals surface area contributed by atoms with Crippen molar-refractivity contribution in [2.75, 3.05) is 33.7 Å². The Kier molecular flexibility index (Phi) is 5.43. The lowest BCUT2D eigenvalue weighted by Gasteiger charge is -2.28. The molecule has 0 atom stereocenters. The maximum absolute atomic E-state index is 12.3. The molecule has 0 saturated carbocycles. The third-order valence-electron chi connectivity index (χ3n) is 3.80. The molecule has 2 heterocycles. The van der Waals surface area contributed by atoms with Crippen LogP contribution in [0.25, 0.3) is 0 Å². The van der Waals surface area contributed by atoms with Crippen LogP contribution in [0.2, 0.25) is 0 Å². The van der Waals surface area contributed by atoms with Crippen LogP contribution in [0.3, 0.4) is 0 Å². The molecule has 1 amide bonds. The Hall–Kier alpha value is -1.45. The van der Waals surface area contributed by atoms with Gasteiger partial charge in [-0.25, -0.2) is 8.42 Å². The Labute approximate surface area is 137 Å². The zero-order chi connectivity index (χ0) is 17.2. The van der Waals surface area contributed by atoms with E-state index in [1.165, 1.54) is 4.31 Å². The van der Waals surface area contributed by atoms with Crippen molar-refractivity contribution in [1.29, 1.82) is 0 Å². The summed E-state index contributed by atoms with van der Waals surface area (Å²) in [6.45, 7) is 5.75. The van der Waals surface area contributed by atoms with Crippen LogP contribution >= 0.6 is 0 Å². The zero-order valence-electron chi connectivity index (χ0n) is 14.1. The number of nitrogens with one attached hydrogen (secondary N) is 1. The van der Waals surface area contributed by atoms with E-state index in [0.29, 0.717) is 25.3 Å². The lowest BCUT2D eigenvalue weighted by molar-refractivity contribution is 0.0945. The summed E-state index contributed by atoms with van der Waals surface area (Å²) in [5.74, 6) is -0.230. The number of amides is 1. The van der Waals surface area contributed by atoms with Crippen molar-refractivity contribution in [2.45, 2.75) is 32.2 Å². The van der Waals surface area contributed by atoms with Crippen molar-refractivity contribution < 1.29 is 13.2 Å². The number of sulfonamides is 1. The van der Waals surface area contributed by atoms with Gasteiger partial charge in [-0.2, -0.15) is 9.40 Å². The van der Waals surface area contributed by atoms with Crippen LogP contribution in [0, 0.1) is 0 Å². The van der Waals surface area contributed by atoms with Crippen molar-refractivity contribution in [3.8, 4) is 0 Å². The summed E-state index contributed by atoms with van der Waals surface area (Å²) in [4.78, 5) is 14.1. The smallest absolute Gasteiger partial charge is 0.271 e. The fourth-order valence-electron chi connectivity index (χ4n) is 2.35. The summed E-state index contributed by atoms with van der Waals surface area (Å²) in [5.41, 5.74) is 1.08. The van der Waals surface area contributed by atoms with E-state index in [2.05, 4.69) is 10.4 Å². The van der Waals surface area contributed by atoms with E-state index in [-0.39, 0.29) is 12.5 Å². The number of nitrogens with zero attached hydrogens (tertiary/aromatic N) is 4. The quantitative estimate of drug-likeness (QED) is 0.768. The zero-order valence-corrected chi connectivity index (χ0v) is 14.9. The molecule has 1 aliphatic rings. The fraction of sp³-hybridized carbons (Fsp3) is 0.714. The second-order valence-corrected chi connectivity index (χ2v) is 8.72. The van der Waals surface area contributed by atoms with Gasteiger partial charge in [0.1, 0.15) is 5.69 Å². The predicted octanol–water partition coefficient (Wildman–Crippen LogP) is -0.272. The van der Waals surface area contributed by atoms with Crippen LogP contribution in [0.15, 0.2) is 6.07 Å². The second-order valence-electron chi connectivity index (χ2n) is 6.23. The normalized spacial score (nSPS) is 15.9. The van der Waals surface area contributed by atoms with Crippen molar-refractivity contribution in [1.82, 2.24) is 24.3 Å². The summed E-state index contributed by atoms with van der Waals surface area (Å²) < 4.78 is 27.7.